The van der Waals surface area contributed by atoms with E-state index in [1.54, 1.807) is 0 Å². The molecule has 2 N–H and O–H groups in total. The number of rotatable bonds is 9. The zero-order chi connectivity index (χ0) is 15.5. The lowest BCUT2D eigenvalue weighted by Gasteiger charge is -2.14. The van der Waals surface area contributed by atoms with Crippen LogP contribution in [0.1, 0.15) is 51.4 Å². The van der Waals surface area contributed by atoms with Crippen LogP contribution in [0.4, 0.5) is 0 Å². The minimum atomic E-state index is 0.313. The fraction of sp³-hybridized carbons (Fsp3) is 0.941. The first kappa shape index (κ1) is 17.5. The van der Waals surface area contributed by atoms with Gasteiger partial charge in [-0.15, -0.1) is 0 Å². The van der Waals surface area contributed by atoms with Gasteiger partial charge >= 0.3 is 0 Å². The molecule has 1 saturated heterocycles. The minimum Gasteiger partial charge on any atom is -0.379 e. The van der Waals surface area contributed by atoms with Gasteiger partial charge in [0.1, 0.15) is 0 Å². The number of ether oxygens (including phenoxy) is 2. The molecule has 1 unspecified atom stereocenters. The van der Waals surface area contributed by atoms with Crippen LogP contribution in [0.3, 0.4) is 0 Å². The van der Waals surface area contributed by atoms with Crippen LogP contribution in [0.5, 0.6) is 0 Å². The first-order valence-electron chi connectivity index (χ1n) is 9.02. The summed E-state index contributed by atoms with van der Waals surface area (Å²) in [4.78, 5) is 4.27. The lowest BCUT2D eigenvalue weighted by atomic mass is 10.0. The second-order valence-electron chi connectivity index (χ2n) is 6.43. The summed E-state index contributed by atoms with van der Waals surface area (Å²) in [7, 11) is 1.83. The molecule has 0 spiro atoms. The standard InChI is InChI=1S/C17H33N3O2/c1-18-17(19-10-4-8-15-6-2-3-7-15)20-11-5-12-22-16-9-13-21-14-16/h15-16H,2-14H2,1H3,(H2,18,19,20). The second kappa shape index (κ2) is 10.8. The van der Waals surface area contributed by atoms with Crippen LogP contribution in [0.25, 0.3) is 0 Å². The molecule has 0 radical (unpaired) electrons. The van der Waals surface area contributed by atoms with Crippen molar-refractivity contribution in [1.82, 2.24) is 10.6 Å². The van der Waals surface area contributed by atoms with Crippen molar-refractivity contribution in [3.8, 4) is 0 Å². The van der Waals surface area contributed by atoms with Gasteiger partial charge < -0.3 is 20.1 Å². The smallest absolute Gasteiger partial charge is 0.190 e. The van der Waals surface area contributed by atoms with E-state index in [9.17, 15) is 0 Å². The zero-order valence-corrected chi connectivity index (χ0v) is 14.1. The van der Waals surface area contributed by atoms with Gasteiger partial charge in [-0.25, -0.2) is 0 Å². The number of aliphatic imine (C=N–C) groups is 1. The molecule has 2 fully saturated rings. The molecular weight excluding hydrogens is 278 g/mol. The first-order chi connectivity index (χ1) is 10.9. The van der Waals surface area contributed by atoms with E-state index < -0.39 is 0 Å². The molecule has 1 aliphatic carbocycles. The fourth-order valence-corrected chi connectivity index (χ4v) is 3.29. The number of nitrogens with one attached hydrogen (secondary N) is 2. The van der Waals surface area contributed by atoms with Crippen LogP contribution in [0.2, 0.25) is 0 Å². The van der Waals surface area contributed by atoms with Crippen molar-refractivity contribution in [3.05, 3.63) is 0 Å². The van der Waals surface area contributed by atoms with Crippen molar-refractivity contribution in [2.75, 3.05) is 40.0 Å². The van der Waals surface area contributed by atoms with Crippen molar-refractivity contribution in [1.29, 1.82) is 0 Å². The van der Waals surface area contributed by atoms with Gasteiger partial charge in [0.2, 0.25) is 0 Å². The highest BCUT2D eigenvalue weighted by Crippen LogP contribution is 2.28. The van der Waals surface area contributed by atoms with Crippen LogP contribution in [0.15, 0.2) is 4.99 Å². The number of hydrogen-bond donors (Lipinski definition) is 2. The van der Waals surface area contributed by atoms with Crippen LogP contribution < -0.4 is 10.6 Å². The highest BCUT2D eigenvalue weighted by Gasteiger charge is 2.15. The number of hydrogen-bond acceptors (Lipinski definition) is 3. The van der Waals surface area contributed by atoms with Crippen molar-refractivity contribution >= 4 is 5.96 Å². The normalized spacial score (nSPS) is 23.1. The maximum absolute atomic E-state index is 5.75. The molecular formula is C17H33N3O2. The van der Waals surface area contributed by atoms with Gasteiger partial charge in [0.05, 0.1) is 12.7 Å². The van der Waals surface area contributed by atoms with Crippen LogP contribution in [-0.2, 0) is 9.47 Å². The molecule has 1 heterocycles. The average molecular weight is 311 g/mol. The molecule has 5 heteroatoms. The molecule has 0 aromatic rings. The molecule has 128 valence electrons. The summed E-state index contributed by atoms with van der Waals surface area (Å²) in [5.41, 5.74) is 0. The molecule has 1 saturated carbocycles. The van der Waals surface area contributed by atoms with E-state index in [2.05, 4.69) is 15.6 Å². The topological polar surface area (TPSA) is 54.9 Å². The maximum atomic E-state index is 5.75. The number of nitrogens with zero attached hydrogens (tertiary/aromatic N) is 1. The molecule has 5 nitrogen and oxygen atoms in total. The quantitative estimate of drug-likeness (QED) is 0.390. The Balaban J connectivity index is 1.42. The summed E-state index contributed by atoms with van der Waals surface area (Å²) < 4.78 is 11.0. The Kier molecular flexibility index (Phi) is 8.64. The minimum absolute atomic E-state index is 0.313. The average Bonchev–Trinajstić information content (AvgIpc) is 3.22. The monoisotopic (exact) mass is 311 g/mol. The Hall–Kier alpha value is -0.810. The predicted molar refractivity (Wildman–Crippen MR) is 90.3 cm³/mol. The zero-order valence-electron chi connectivity index (χ0n) is 14.1. The van der Waals surface area contributed by atoms with Crippen LogP contribution >= 0.6 is 0 Å². The molecule has 2 aliphatic rings. The molecule has 0 amide bonds. The van der Waals surface area contributed by atoms with Crippen molar-refractivity contribution in [2.24, 2.45) is 10.9 Å². The van der Waals surface area contributed by atoms with Gasteiger partial charge in [0.15, 0.2) is 5.96 Å². The summed E-state index contributed by atoms with van der Waals surface area (Å²) in [6, 6.07) is 0. The Morgan fingerprint density at radius 1 is 1.14 bits per heavy atom. The van der Waals surface area contributed by atoms with E-state index in [0.29, 0.717) is 6.10 Å². The van der Waals surface area contributed by atoms with Crippen molar-refractivity contribution < 1.29 is 9.47 Å². The summed E-state index contributed by atoms with van der Waals surface area (Å²) in [5, 5.41) is 6.75. The third-order valence-corrected chi connectivity index (χ3v) is 4.63. The lowest BCUT2D eigenvalue weighted by molar-refractivity contribution is 0.0420. The van der Waals surface area contributed by atoms with Gasteiger partial charge in [-0.3, -0.25) is 4.99 Å². The fourth-order valence-electron chi connectivity index (χ4n) is 3.29. The molecule has 22 heavy (non-hydrogen) atoms. The van der Waals surface area contributed by atoms with E-state index in [-0.39, 0.29) is 0 Å². The summed E-state index contributed by atoms with van der Waals surface area (Å²) in [5.74, 6) is 1.89. The van der Waals surface area contributed by atoms with Gasteiger partial charge in [-0.1, -0.05) is 25.7 Å². The molecule has 0 aromatic heterocycles. The molecule has 2 rings (SSSR count). The second-order valence-corrected chi connectivity index (χ2v) is 6.43. The molecule has 1 atom stereocenters. The summed E-state index contributed by atoms with van der Waals surface area (Å²) in [6.45, 7) is 4.32. The van der Waals surface area contributed by atoms with Crippen LogP contribution in [-0.4, -0.2) is 52.0 Å². The Morgan fingerprint density at radius 2 is 1.91 bits per heavy atom. The van der Waals surface area contributed by atoms with E-state index in [0.717, 1.165) is 57.6 Å². The highest BCUT2D eigenvalue weighted by molar-refractivity contribution is 5.79. The Bertz CT molecular complexity index is 311. The van der Waals surface area contributed by atoms with E-state index in [1.165, 1.54) is 38.5 Å². The predicted octanol–water partition coefficient (Wildman–Crippen LogP) is 2.32. The van der Waals surface area contributed by atoms with Crippen LogP contribution in [0, 0.1) is 5.92 Å². The maximum Gasteiger partial charge on any atom is 0.190 e. The van der Waals surface area contributed by atoms with E-state index >= 15 is 0 Å². The van der Waals surface area contributed by atoms with Gasteiger partial charge in [0.25, 0.3) is 0 Å². The first-order valence-corrected chi connectivity index (χ1v) is 9.02. The van der Waals surface area contributed by atoms with Gasteiger partial charge in [-0.2, -0.15) is 0 Å². The van der Waals surface area contributed by atoms with Crippen molar-refractivity contribution in [3.63, 3.8) is 0 Å². The van der Waals surface area contributed by atoms with E-state index in [4.69, 9.17) is 9.47 Å². The largest absolute Gasteiger partial charge is 0.379 e. The molecule has 0 bridgehead atoms. The molecule has 1 aliphatic heterocycles. The summed E-state index contributed by atoms with van der Waals surface area (Å²) in [6.07, 6.45) is 10.7. The van der Waals surface area contributed by atoms with Crippen molar-refractivity contribution in [2.45, 2.75) is 57.5 Å². The Morgan fingerprint density at radius 3 is 2.59 bits per heavy atom. The third kappa shape index (κ3) is 6.97. The third-order valence-electron chi connectivity index (χ3n) is 4.63. The van der Waals surface area contributed by atoms with E-state index in [1.807, 2.05) is 7.05 Å². The van der Waals surface area contributed by atoms with Gasteiger partial charge in [0, 0.05) is 33.4 Å². The summed E-state index contributed by atoms with van der Waals surface area (Å²) >= 11 is 0. The molecule has 0 aromatic carbocycles. The lowest BCUT2D eigenvalue weighted by Crippen LogP contribution is -2.38. The Labute approximate surface area is 135 Å². The SMILES string of the molecule is CN=C(NCCCOC1CCOC1)NCCCC1CCCC1. The highest BCUT2D eigenvalue weighted by atomic mass is 16.5. The number of guanidine groups is 1. The van der Waals surface area contributed by atoms with Gasteiger partial charge in [-0.05, 0) is 31.6 Å².